The van der Waals surface area contributed by atoms with Crippen LogP contribution in [0.25, 0.3) is 10.9 Å². The van der Waals surface area contributed by atoms with E-state index in [1.54, 1.807) is 0 Å². The molecule has 0 saturated carbocycles. The average molecular weight is 212 g/mol. The Morgan fingerprint density at radius 1 is 1.00 bits per heavy atom. The molecule has 0 radical (unpaired) electrons. The van der Waals surface area contributed by atoms with Crippen molar-refractivity contribution in [3.05, 3.63) is 35.5 Å². The summed E-state index contributed by atoms with van der Waals surface area (Å²) in [4.78, 5) is 4.76. The van der Waals surface area contributed by atoms with Crippen LogP contribution in [0, 0.1) is 0 Å². The van der Waals surface area contributed by atoms with Crippen LogP contribution in [0.2, 0.25) is 0 Å². The molecule has 0 saturated heterocycles. The molecule has 16 heavy (non-hydrogen) atoms. The first-order chi connectivity index (χ1) is 7.86. The van der Waals surface area contributed by atoms with Gasteiger partial charge in [-0.2, -0.15) is 0 Å². The lowest BCUT2D eigenvalue weighted by Gasteiger charge is -2.11. The quantitative estimate of drug-likeness (QED) is 0.681. The number of pyridine rings is 1. The number of nitrogen functional groups attached to an aromatic ring is 1. The van der Waals surface area contributed by atoms with Gasteiger partial charge in [-0.1, -0.05) is 24.6 Å². The van der Waals surface area contributed by atoms with Gasteiger partial charge in [0.2, 0.25) is 0 Å². The predicted molar refractivity (Wildman–Crippen MR) is 67.4 cm³/mol. The summed E-state index contributed by atoms with van der Waals surface area (Å²) in [5, 5.41) is 1.11. The van der Waals surface area contributed by atoms with E-state index in [4.69, 9.17) is 10.7 Å². The van der Waals surface area contributed by atoms with Crippen molar-refractivity contribution in [2.45, 2.75) is 32.1 Å². The SMILES string of the molecule is Nc1c2c(nc3ccccc13)CCCCC2. The van der Waals surface area contributed by atoms with E-state index in [1.807, 2.05) is 12.1 Å². The Hall–Kier alpha value is -1.57. The molecular weight excluding hydrogens is 196 g/mol. The lowest BCUT2D eigenvalue weighted by molar-refractivity contribution is 0.709. The molecule has 2 N–H and O–H groups in total. The van der Waals surface area contributed by atoms with Crippen molar-refractivity contribution in [3.8, 4) is 0 Å². The zero-order valence-corrected chi connectivity index (χ0v) is 9.37. The third-order valence-electron chi connectivity index (χ3n) is 3.46. The molecule has 0 atom stereocenters. The van der Waals surface area contributed by atoms with Crippen LogP contribution in [0.3, 0.4) is 0 Å². The molecule has 0 fully saturated rings. The van der Waals surface area contributed by atoms with Crippen molar-refractivity contribution in [2.24, 2.45) is 0 Å². The van der Waals surface area contributed by atoms with E-state index in [0.29, 0.717) is 0 Å². The van der Waals surface area contributed by atoms with E-state index in [1.165, 1.54) is 30.5 Å². The Labute approximate surface area is 95.5 Å². The Morgan fingerprint density at radius 2 is 1.81 bits per heavy atom. The Bertz CT molecular complexity index is 531. The van der Waals surface area contributed by atoms with Crippen LogP contribution in [0.15, 0.2) is 24.3 Å². The van der Waals surface area contributed by atoms with Crippen LogP contribution < -0.4 is 5.73 Å². The number of nitrogens with zero attached hydrogens (tertiary/aromatic N) is 1. The van der Waals surface area contributed by atoms with E-state index in [9.17, 15) is 0 Å². The molecule has 2 heteroatoms. The molecule has 2 nitrogen and oxygen atoms in total. The molecular formula is C14H16N2. The zero-order valence-electron chi connectivity index (χ0n) is 9.37. The van der Waals surface area contributed by atoms with Gasteiger partial charge in [0.25, 0.3) is 0 Å². The predicted octanol–water partition coefficient (Wildman–Crippen LogP) is 3.09. The summed E-state index contributed by atoms with van der Waals surface area (Å²) in [5.74, 6) is 0. The maximum atomic E-state index is 6.27. The van der Waals surface area contributed by atoms with E-state index < -0.39 is 0 Å². The Balaban J connectivity index is 2.29. The van der Waals surface area contributed by atoms with Gasteiger partial charge in [-0.05, 0) is 37.3 Å². The summed E-state index contributed by atoms with van der Waals surface area (Å²) in [6, 6.07) is 8.18. The zero-order chi connectivity index (χ0) is 11.0. The molecule has 2 aromatic rings. The van der Waals surface area contributed by atoms with E-state index in [2.05, 4.69) is 12.1 Å². The second-order valence-electron chi connectivity index (χ2n) is 4.53. The van der Waals surface area contributed by atoms with Crippen LogP contribution in [0.4, 0.5) is 5.69 Å². The van der Waals surface area contributed by atoms with E-state index in [-0.39, 0.29) is 0 Å². The second-order valence-corrected chi connectivity index (χ2v) is 4.53. The first-order valence-corrected chi connectivity index (χ1v) is 6.02. The molecule has 1 aliphatic rings. The molecule has 82 valence electrons. The number of hydrogen-bond acceptors (Lipinski definition) is 2. The number of hydrogen-bond donors (Lipinski definition) is 1. The molecule has 0 bridgehead atoms. The largest absolute Gasteiger partial charge is 0.398 e. The third-order valence-corrected chi connectivity index (χ3v) is 3.46. The van der Waals surface area contributed by atoms with Crippen LogP contribution in [-0.4, -0.2) is 4.98 Å². The van der Waals surface area contributed by atoms with Gasteiger partial charge in [-0.25, -0.2) is 0 Å². The number of anilines is 1. The van der Waals surface area contributed by atoms with Gasteiger partial charge < -0.3 is 5.73 Å². The molecule has 0 spiro atoms. The van der Waals surface area contributed by atoms with E-state index >= 15 is 0 Å². The number of aromatic nitrogens is 1. The lowest BCUT2D eigenvalue weighted by atomic mass is 10.0. The third kappa shape index (κ3) is 1.45. The highest BCUT2D eigenvalue weighted by molar-refractivity contribution is 5.92. The molecule has 3 rings (SSSR count). The van der Waals surface area contributed by atoms with Gasteiger partial charge in [0.05, 0.1) is 5.52 Å². The molecule has 1 aromatic carbocycles. The number of aryl methyl sites for hydroxylation is 1. The fourth-order valence-corrected chi connectivity index (χ4v) is 2.59. The number of fused-ring (bicyclic) bond motifs is 2. The molecule has 0 unspecified atom stereocenters. The summed E-state index contributed by atoms with van der Waals surface area (Å²) < 4.78 is 0. The highest BCUT2D eigenvalue weighted by Crippen LogP contribution is 2.30. The minimum atomic E-state index is 0.961. The van der Waals surface area contributed by atoms with Crippen molar-refractivity contribution < 1.29 is 0 Å². The average Bonchev–Trinajstić information content (AvgIpc) is 2.55. The van der Waals surface area contributed by atoms with Crippen molar-refractivity contribution in [3.63, 3.8) is 0 Å². The van der Waals surface area contributed by atoms with Crippen LogP contribution >= 0.6 is 0 Å². The van der Waals surface area contributed by atoms with Gasteiger partial charge in [0.15, 0.2) is 0 Å². The summed E-state index contributed by atoms with van der Waals surface area (Å²) in [7, 11) is 0. The Kier molecular flexibility index (Phi) is 2.28. The topological polar surface area (TPSA) is 38.9 Å². The first kappa shape index (κ1) is 9.64. The van der Waals surface area contributed by atoms with Crippen molar-refractivity contribution in [1.29, 1.82) is 0 Å². The molecule has 0 aliphatic heterocycles. The lowest BCUT2D eigenvalue weighted by Crippen LogP contribution is -2.02. The van der Waals surface area contributed by atoms with Crippen molar-refractivity contribution in [1.82, 2.24) is 4.98 Å². The molecule has 1 aliphatic carbocycles. The normalized spacial score (nSPS) is 15.8. The number of para-hydroxylation sites is 1. The maximum absolute atomic E-state index is 6.27. The standard InChI is InChI=1S/C14H16N2/c15-14-10-6-2-1-3-8-12(10)16-13-9-5-4-7-11(13)14/h4-5,7,9H,1-3,6,8H2,(H2,15,16). The van der Waals surface area contributed by atoms with Crippen LogP contribution in [0.5, 0.6) is 0 Å². The summed E-state index contributed by atoms with van der Waals surface area (Å²) >= 11 is 0. The minimum absolute atomic E-state index is 0.961. The number of benzene rings is 1. The maximum Gasteiger partial charge on any atom is 0.0726 e. The van der Waals surface area contributed by atoms with Gasteiger partial charge in [-0.15, -0.1) is 0 Å². The van der Waals surface area contributed by atoms with E-state index in [0.717, 1.165) is 29.4 Å². The van der Waals surface area contributed by atoms with Crippen molar-refractivity contribution in [2.75, 3.05) is 5.73 Å². The highest BCUT2D eigenvalue weighted by Gasteiger charge is 2.14. The first-order valence-electron chi connectivity index (χ1n) is 6.02. The van der Waals surface area contributed by atoms with Gasteiger partial charge in [-0.3, -0.25) is 4.98 Å². The fraction of sp³-hybridized carbons (Fsp3) is 0.357. The summed E-state index contributed by atoms with van der Waals surface area (Å²) in [5.41, 5.74) is 10.8. The monoisotopic (exact) mass is 212 g/mol. The van der Waals surface area contributed by atoms with Gasteiger partial charge >= 0.3 is 0 Å². The second kappa shape index (κ2) is 3.78. The summed E-state index contributed by atoms with van der Waals surface area (Å²) in [6.07, 6.45) is 5.98. The fourth-order valence-electron chi connectivity index (χ4n) is 2.59. The van der Waals surface area contributed by atoms with Crippen molar-refractivity contribution >= 4 is 16.6 Å². The minimum Gasteiger partial charge on any atom is -0.398 e. The number of rotatable bonds is 0. The molecule has 1 heterocycles. The smallest absolute Gasteiger partial charge is 0.0726 e. The molecule has 1 aromatic heterocycles. The summed E-state index contributed by atoms with van der Waals surface area (Å²) in [6.45, 7) is 0. The van der Waals surface area contributed by atoms with Gasteiger partial charge in [0, 0.05) is 16.8 Å². The Morgan fingerprint density at radius 3 is 2.75 bits per heavy atom. The van der Waals surface area contributed by atoms with Crippen LogP contribution in [-0.2, 0) is 12.8 Å². The van der Waals surface area contributed by atoms with Gasteiger partial charge in [0.1, 0.15) is 0 Å². The number of nitrogens with two attached hydrogens (primary N) is 1. The highest BCUT2D eigenvalue weighted by atomic mass is 14.7. The van der Waals surface area contributed by atoms with Crippen LogP contribution in [0.1, 0.15) is 30.5 Å². The molecule has 0 amide bonds.